The Morgan fingerprint density at radius 3 is 2.68 bits per heavy atom. The van der Waals surface area contributed by atoms with E-state index in [4.69, 9.17) is 5.11 Å². The molecular formula is C14H26N2O3. The molecule has 0 radical (unpaired) electrons. The van der Waals surface area contributed by atoms with E-state index in [1.165, 1.54) is 6.42 Å². The number of carbonyl (C=O) groups is 2. The summed E-state index contributed by atoms with van der Waals surface area (Å²) in [5.74, 6) is -0.221. The van der Waals surface area contributed by atoms with Crippen molar-refractivity contribution >= 4 is 12.0 Å². The Hall–Kier alpha value is -1.26. The summed E-state index contributed by atoms with van der Waals surface area (Å²) in [6.07, 6.45) is 3.71. The Labute approximate surface area is 115 Å². The van der Waals surface area contributed by atoms with Gasteiger partial charge in [-0.2, -0.15) is 0 Å². The van der Waals surface area contributed by atoms with Gasteiger partial charge in [-0.3, -0.25) is 4.79 Å². The van der Waals surface area contributed by atoms with E-state index in [1.807, 2.05) is 11.8 Å². The molecule has 110 valence electrons. The van der Waals surface area contributed by atoms with Gasteiger partial charge in [0.25, 0.3) is 0 Å². The van der Waals surface area contributed by atoms with Gasteiger partial charge in [0.1, 0.15) is 0 Å². The van der Waals surface area contributed by atoms with Gasteiger partial charge in [0.2, 0.25) is 0 Å². The fraction of sp³-hybridized carbons (Fsp3) is 0.857. The van der Waals surface area contributed by atoms with Crippen LogP contribution in [0.4, 0.5) is 4.79 Å². The summed E-state index contributed by atoms with van der Waals surface area (Å²) in [6.45, 7) is 7.00. The van der Waals surface area contributed by atoms with Gasteiger partial charge in [-0.1, -0.05) is 6.92 Å². The van der Waals surface area contributed by atoms with Crippen molar-refractivity contribution in [1.82, 2.24) is 10.2 Å². The number of aliphatic carboxylic acids is 1. The van der Waals surface area contributed by atoms with E-state index in [0.29, 0.717) is 24.8 Å². The summed E-state index contributed by atoms with van der Waals surface area (Å²) in [5, 5.41) is 11.5. The molecule has 0 aromatic rings. The first kappa shape index (κ1) is 15.8. The Morgan fingerprint density at radius 2 is 2.05 bits per heavy atom. The van der Waals surface area contributed by atoms with Gasteiger partial charge in [-0.05, 0) is 45.4 Å². The van der Waals surface area contributed by atoms with Crippen LogP contribution in [-0.2, 0) is 4.79 Å². The van der Waals surface area contributed by atoms with Crippen LogP contribution in [0.15, 0.2) is 0 Å². The molecule has 1 fully saturated rings. The number of hydrogen-bond donors (Lipinski definition) is 2. The number of urea groups is 1. The SMILES string of the molecule is CC1CCC(C)N(C(=O)NC(C)CCCC(=O)O)C1. The third-order valence-electron chi connectivity index (χ3n) is 3.78. The van der Waals surface area contributed by atoms with Gasteiger partial charge in [0.05, 0.1) is 0 Å². The lowest BCUT2D eigenvalue weighted by molar-refractivity contribution is -0.137. The van der Waals surface area contributed by atoms with Crippen LogP contribution >= 0.6 is 0 Å². The first-order valence-corrected chi connectivity index (χ1v) is 7.19. The number of carboxylic acids is 1. The molecule has 1 saturated heterocycles. The first-order valence-electron chi connectivity index (χ1n) is 7.19. The number of rotatable bonds is 5. The zero-order valence-corrected chi connectivity index (χ0v) is 12.2. The van der Waals surface area contributed by atoms with Crippen LogP contribution in [0.1, 0.15) is 52.9 Å². The van der Waals surface area contributed by atoms with Crippen LogP contribution < -0.4 is 5.32 Å². The fourth-order valence-electron chi connectivity index (χ4n) is 2.50. The van der Waals surface area contributed by atoms with E-state index in [1.54, 1.807) is 0 Å². The molecule has 1 aliphatic rings. The molecule has 0 saturated carbocycles. The van der Waals surface area contributed by atoms with Gasteiger partial charge < -0.3 is 15.3 Å². The highest BCUT2D eigenvalue weighted by Crippen LogP contribution is 2.21. The van der Waals surface area contributed by atoms with Crippen LogP contribution in [0.5, 0.6) is 0 Å². The quantitative estimate of drug-likeness (QED) is 0.806. The molecule has 0 bridgehead atoms. The molecule has 5 nitrogen and oxygen atoms in total. The summed E-state index contributed by atoms with van der Waals surface area (Å²) in [7, 11) is 0. The fourth-order valence-corrected chi connectivity index (χ4v) is 2.50. The van der Waals surface area contributed by atoms with E-state index >= 15 is 0 Å². The lowest BCUT2D eigenvalue weighted by atomic mass is 9.95. The predicted molar refractivity (Wildman–Crippen MR) is 74.0 cm³/mol. The monoisotopic (exact) mass is 270 g/mol. The van der Waals surface area contributed by atoms with E-state index < -0.39 is 5.97 Å². The maximum Gasteiger partial charge on any atom is 0.317 e. The van der Waals surface area contributed by atoms with Crippen LogP contribution in [0.25, 0.3) is 0 Å². The molecule has 19 heavy (non-hydrogen) atoms. The topological polar surface area (TPSA) is 69.6 Å². The average Bonchev–Trinajstić information content (AvgIpc) is 2.31. The zero-order valence-electron chi connectivity index (χ0n) is 12.2. The maximum absolute atomic E-state index is 12.2. The second kappa shape index (κ2) is 7.36. The molecule has 2 amide bonds. The number of nitrogens with one attached hydrogen (secondary N) is 1. The predicted octanol–water partition coefficient (Wildman–Crippen LogP) is 2.46. The van der Waals surface area contributed by atoms with Gasteiger partial charge in [0.15, 0.2) is 0 Å². The summed E-state index contributed by atoms with van der Waals surface area (Å²) in [5.41, 5.74) is 0. The van der Waals surface area contributed by atoms with Gasteiger partial charge in [0, 0.05) is 25.0 Å². The number of carboxylic acid groups (broad SMARTS) is 1. The number of hydrogen-bond acceptors (Lipinski definition) is 2. The van der Waals surface area contributed by atoms with Crippen molar-refractivity contribution in [1.29, 1.82) is 0 Å². The number of likely N-dealkylation sites (tertiary alicyclic amines) is 1. The van der Waals surface area contributed by atoms with Crippen molar-refractivity contribution in [2.75, 3.05) is 6.54 Å². The largest absolute Gasteiger partial charge is 0.481 e. The van der Waals surface area contributed by atoms with Crippen molar-refractivity contribution in [3.63, 3.8) is 0 Å². The number of amides is 2. The number of nitrogens with zero attached hydrogens (tertiary/aromatic N) is 1. The molecule has 1 heterocycles. The average molecular weight is 270 g/mol. The van der Waals surface area contributed by atoms with Gasteiger partial charge in [-0.25, -0.2) is 4.79 Å². The molecule has 5 heteroatoms. The standard InChI is InChI=1S/C14H26N2O3/c1-10-7-8-12(3)16(9-10)14(19)15-11(2)5-4-6-13(17)18/h10-12H,4-9H2,1-3H3,(H,15,19)(H,17,18). The van der Waals surface area contributed by atoms with Crippen molar-refractivity contribution in [2.24, 2.45) is 5.92 Å². The van der Waals surface area contributed by atoms with Crippen molar-refractivity contribution in [3.8, 4) is 0 Å². The van der Waals surface area contributed by atoms with Crippen molar-refractivity contribution in [2.45, 2.75) is 65.0 Å². The third kappa shape index (κ3) is 5.49. The zero-order chi connectivity index (χ0) is 14.4. The van der Waals surface area contributed by atoms with E-state index in [-0.39, 0.29) is 18.5 Å². The molecule has 0 aromatic heterocycles. The van der Waals surface area contributed by atoms with Crippen molar-refractivity contribution in [3.05, 3.63) is 0 Å². The maximum atomic E-state index is 12.2. The van der Waals surface area contributed by atoms with Crippen LogP contribution in [0.2, 0.25) is 0 Å². The molecule has 3 unspecified atom stereocenters. The van der Waals surface area contributed by atoms with E-state index in [0.717, 1.165) is 13.0 Å². The highest BCUT2D eigenvalue weighted by molar-refractivity contribution is 5.75. The summed E-state index contributed by atoms with van der Waals surface area (Å²) >= 11 is 0. The van der Waals surface area contributed by atoms with Crippen LogP contribution in [0, 0.1) is 5.92 Å². The van der Waals surface area contributed by atoms with Gasteiger partial charge in [-0.15, -0.1) is 0 Å². The minimum Gasteiger partial charge on any atom is -0.481 e. The number of piperidine rings is 1. The summed E-state index contributed by atoms with van der Waals surface area (Å²) in [4.78, 5) is 24.5. The molecular weight excluding hydrogens is 244 g/mol. The molecule has 1 aliphatic heterocycles. The lowest BCUT2D eigenvalue weighted by Gasteiger charge is -2.37. The molecule has 2 N–H and O–H groups in total. The molecule has 1 rings (SSSR count). The highest BCUT2D eigenvalue weighted by Gasteiger charge is 2.27. The third-order valence-corrected chi connectivity index (χ3v) is 3.78. The van der Waals surface area contributed by atoms with E-state index in [2.05, 4.69) is 19.2 Å². The first-order chi connectivity index (χ1) is 8.90. The highest BCUT2D eigenvalue weighted by atomic mass is 16.4. The Balaban J connectivity index is 2.34. The smallest absolute Gasteiger partial charge is 0.317 e. The number of carbonyl (C=O) groups excluding carboxylic acids is 1. The van der Waals surface area contributed by atoms with Crippen LogP contribution in [-0.4, -0.2) is 40.6 Å². The molecule has 0 aromatic carbocycles. The van der Waals surface area contributed by atoms with Crippen molar-refractivity contribution < 1.29 is 14.7 Å². The second-order valence-electron chi connectivity index (χ2n) is 5.82. The molecule has 0 aliphatic carbocycles. The summed E-state index contributed by atoms with van der Waals surface area (Å²) in [6, 6.07) is 0.306. The normalized spacial score (nSPS) is 24.9. The molecule has 0 spiro atoms. The Kier molecular flexibility index (Phi) is 6.12. The summed E-state index contributed by atoms with van der Waals surface area (Å²) < 4.78 is 0. The Morgan fingerprint density at radius 1 is 1.37 bits per heavy atom. The molecule has 3 atom stereocenters. The minimum atomic E-state index is -0.781. The van der Waals surface area contributed by atoms with Gasteiger partial charge >= 0.3 is 12.0 Å². The van der Waals surface area contributed by atoms with Crippen LogP contribution in [0.3, 0.4) is 0 Å². The Bertz CT molecular complexity index is 320. The minimum absolute atomic E-state index is 0.0122. The lowest BCUT2D eigenvalue weighted by Crippen LogP contribution is -2.51. The van der Waals surface area contributed by atoms with E-state index in [9.17, 15) is 9.59 Å². The second-order valence-corrected chi connectivity index (χ2v) is 5.82.